The van der Waals surface area contributed by atoms with Crippen molar-refractivity contribution in [3.05, 3.63) is 71.8 Å². The van der Waals surface area contributed by atoms with Gasteiger partial charge in [-0.05, 0) is 47.1 Å². The molecular weight excluding hydrogens is 392 g/mol. The smallest absolute Gasteiger partial charge is 0.321 e. The lowest BCUT2D eigenvalue weighted by atomic mass is 9.81. The maximum absolute atomic E-state index is 13.2. The van der Waals surface area contributed by atoms with Crippen LogP contribution in [0.3, 0.4) is 0 Å². The Morgan fingerprint density at radius 3 is 1.55 bits per heavy atom. The summed E-state index contributed by atoms with van der Waals surface area (Å²) in [5.41, 5.74) is -0.353. The highest BCUT2D eigenvalue weighted by atomic mass is 16.6. The molecule has 0 spiro atoms. The fourth-order valence-electron chi connectivity index (χ4n) is 3.23. The van der Waals surface area contributed by atoms with Crippen LogP contribution in [0, 0.1) is 5.92 Å². The Morgan fingerprint density at radius 2 is 1.13 bits per heavy atom. The zero-order valence-corrected chi connectivity index (χ0v) is 19.2. The fraction of sp³-hybridized carbons (Fsp3) is 0.423. The van der Waals surface area contributed by atoms with E-state index in [0.29, 0.717) is 11.1 Å². The molecule has 0 amide bonds. The van der Waals surface area contributed by atoms with Crippen LogP contribution in [-0.2, 0) is 19.1 Å². The zero-order chi connectivity index (χ0) is 23.2. The van der Waals surface area contributed by atoms with Crippen LogP contribution in [0.1, 0.15) is 69.8 Å². The van der Waals surface area contributed by atoms with E-state index in [1.807, 2.05) is 36.4 Å². The minimum atomic E-state index is -1.27. The minimum Gasteiger partial charge on any atom is -0.459 e. The molecule has 0 unspecified atom stereocenters. The van der Waals surface area contributed by atoms with Crippen LogP contribution in [0.25, 0.3) is 0 Å². The van der Waals surface area contributed by atoms with E-state index < -0.39 is 35.0 Å². The third-order valence-electron chi connectivity index (χ3n) is 4.45. The van der Waals surface area contributed by atoms with E-state index >= 15 is 0 Å². The molecule has 0 aliphatic carbocycles. The molecule has 0 bridgehead atoms. The molecule has 0 radical (unpaired) electrons. The van der Waals surface area contributed by atoms with Crippen molar-refractivity contribution in [2.75, 3.05) is 0 Å². The van der Waals surface area contributed by atoms with Gasteiger partial charge in [0.05, 0.1) is 0 Å². The Kier molecular flexibility index (Phi) is 7.77. The maximum Gasteiger partial charge on any atom is 0.321 e. The molecule has 2 aromatic rings. The van der Waals surface area contributed by atoms with Crippen LogP contribution in [0.2, 0.25) is 0 Å². The van der Waals surface area contributed by atoms with Crippen molar-refractivity contribution in [1.29, 1.82) is 0 Å². The van der Waals surface area contributed by atoms with Crippen LogP contribution < -0.4 is 0 Å². The minimum absolute atomic E-state index is 0.0306. The van der Waals surface area contributed by atoms with Gasteiger partial charge in [0.2, 0.25) is 0 Å². The molecule has 2 rings (SSSR count). The first kappa shape index (κ1) is 24.3. The molecule has 0 aliphatic rings. The average molecular weight is 425 g/mol. The number of carbonyl (C=O) groups excluding carboxylic acids is 3. The summed E-state index contributed by atoms with van der Waals surface area (Å²) < 4.78 is 11.1. The molecule has 166 valence electrons. The second-order valence-corrected chi connectivity index (χ2v) is 9.56. The Balaban J connectivity index is 2.49. The largest absolute Gasteiger partial charge is 0.459 e. The zero-order valence-electron chi connectivity index (χ0n) is 19.2. The van der Waals surface area contributed by atoms with Gasteiger partial charge in [0.1, 0.15) is 11.2 Å². The van der Waals surface area contributed by atoms with Crippen LogP contribution in [0.5, 0.6) is 0 Å². The molecule has 2 aromatic carbocycles. The first-order valence-corrected chi connectivity index (χ1v) is 10.5. The SMILES string of the molecule is CC(C)(C)OC(=O)C(C(=O)OC(C)(C)C)[C@@H](CC(=O)c1ccccc1)c1ccccc1. The second-order valence-electron chi connectivity index (χ2n) is 9.56. The quantitative estimate of drug-likeness (QED) is 0.341. The molecule has 0 N–H and O–H groups in total. The van der Waals surface area contributed by atoms with Gasteiger partial charge < -0.3 is 9.47 Å². The van der Waals surface area contributed by atoms with Crippen molar-refractivity contribution >= 4 is 17.7 Å². The van der Waals surface area contributed by atoms with E-state index in [9.17, 15) is 14.4 Å². The third kappa shape index (κ3) is 7.67. The lowest BCUT2D eigenvalue weighted by Gasteiger charge is -2.30. The topological polar surface area (TPSA) is 69.7 Å². The van der Waals surface area contributed by atoms with Gasteiger partial charge in [0.25, 0.3) is 0 Å². The number of ketones is 1. The molecule has 0 aliphatic heterocycles. The third-order valence-corrected chi connectivity index (χ3v) is 4.45. The Morgan fingerprint density at radius 1 is 0.710 bits per heavy atom. The highest BCUT2D eigenvalue weighted by Crippen LogP contribution is 2.33. The standard InChI is InChI=1S/C26H32O5/c1-25(2,3)30-23(28)22(24(29)31-26(4,5)6)20(18-13-9-7-10-14-18)17-21(27)19-15-11-8-12-16-19/h7-16,20,22H,17H2,1-6H3/t20-/m0/s1. The van der Waals surface area contributed by atoms with Crippen molar-refractivity contribution in [2.24, 2.45) is 5.92 Å². The van der Waals surface area contributed by atoms with Gasteiger partial charge in [0, 0.05) is 17.9 Å². The molecule has 1 atom stereocenters. The van der Waals surface area contributed by atoms with Gasteiger partial charge in [0.15, 0.2) is 11.7 Å². The number of hydrogen-bond donors (Lipinski definition) is 0. The fourth-order valence-corrected chi connectivity index (χ4v) is 3.23. The summed E-state index contributed by atoms with van der Waals surface area (Å²) in [5.74, 6) is -3.55. The van der Waals surface area contributed by atoms with Gasteiger partial charge in [-0.3, -0.25) is 14.4 Å². The van der Waals surface area contributed by atoms with E-state index in [1.165, 1.54) is 0 Å². The summed E-state index contributed by atoms with van der Waals surface area (Å²) in [6, 6.07) is 17.9. The number of hydrogen-bond acceptors (Lipinski definition) is 5. The Labute approximate surface area is 184 Å². The number of esters is 2. The van der Waals surface area contributed by atoms with E-state index in [2.05, 4.69) is 0 Å². The number of ether oxygens (including phenoxy) is 2. The normalized spacial score (nSPS) is 12.9. The van der Waals surface area contributed by atoms with Gasteiger partial charge >= 0.3 is 11.9 Å². The maximum atomic E-state index is 13.2. The van der Waals surface area contributed by atoms with E-state index in [1.54, 1.807) is 65.8 Å². The van der Waals surface area contributed by atoms with Crippen molar-refractivity contribution in [3.63, 3.8) is 0 Å². The number of Topliss-reactive ketones (excluding diaryl/α,β-unsaturated/α-hetero) is 1. The number of rotatable bonds is 7. The molecule has 0 aromatic heterocycles. The Bertz CT molecular complexity index is 861. The highest BCUT2D eigenvalue weighted by Gasteiger charge is 2.42. The monoisotopic (exact) mass is 424 g/mol. The Hall–Kier alpha value is -2.95. The first-order chi connectivity index (χ1) is 14.4. The summed E-state index contributed by atoms with van der Waals surface area (Å²) in [5, 5.41) is 0. The molecular formula is C26H32O5. The van der Waals surface area contributed by atoms with Gasteiger partial charge in [-0.15, -0.1) is 0 Å². The van der Waals surface area contributed by atoms with Crippen LogP contribution in [-0.4, -0.2) is 28.9 Å². The van der Waals surface area contributed by atoms with Crippen molar-refractivity contribution in [1.82, 2.24) is 0 Å². The summed E-state index contributed by atoms with van der Waals surface area (Å²) >= 11 is 0. The summed E-state index contributed by atoms with van der Waals surface area (Å²) in [6.07, 6.45) is -0.0306. The van der Waals surface area contributed by atoms with Gasteiger partial charge in [-0.25, -0.2) is 0 Å². The number of carbonyl (C=O) groups is 3. The first-order valence-electron chi connectivity index (χ1n) is 10.5. The van der Waals surface area contributed by atoms with Crippen LogP contribution in [0.4, 0.5) is 0 Å². The molecule has 0 saturated heterocycles. The summed E-state index contributed by atoms with van der Waals surface area (Å²) in [4.78, 5) is 39.4. The van der Waals surface area contributed by atoms with Crippen LogP contribution in [0.15, 0.2) is 60.7 Å². The average Bonchev–Trinajstić information content (AvgIpc) is 2.66. The predicted molar refractivity (Wildman–Crippen MR) is 120 cm³/mol. The summed E-state index contributed by atoms with van der Waals surface area (Å²) in [7, 11) is 0. The molecule has 5 heteroatoms. The number of benzene rings is 2. The van der Waals surface area contributed by atoms with Gasteiger partial charge in [-0.1, -0.05) is 60.7 Å². The molecule has 0 fully saturated rings. The van der Waals surface area contributed by atoms with Crippen LogP contribution >= 0.6 is 0 Å². The second kappa shape index (κ2) is 9.90. The highest BCUT2D eigenvalue weighted by molar-refractivity contribution is 6.00. The molecule has 31 heavy (non-hydrogen) atoms. The molecule has 0 saturated carbocycles. The molecule has 0 heterocycles. The van der Waals surface area contributed by atoms with E-state index in [-0.39, 0.29) is 12.2 Å². The predicted octanol–water partition coefficient (Wildman–Crippen LogP) is 5.34. The van der Waals surface area contributed by atoms with Crippen molar-refractivity contribution < 1.29 is 23.9 Å². The summed E-state index contributed by atoms with van der Waals surface area (Å²) in [6.45, 7) is 10.4. The lowest BCUT2D eigenvalue weighted by Crippen LogP contribution is -2.40. The molecule has 5 nitrogen and oxygen atoms in total. The van der Waals surface area contributed by atoms with E-state index in [4.69, 9.17) is 9.47 Å². The lowest BCUT2D eigenvalue weighted by molar-refractivity contribution is -0.175. The van der Waals surface area contributed by atoms with Crippen molar-refractivity contribution in [3.8, 4) is 0 Å². The van der Waals surface area contributed by atoms with Gasteiger partial charge in [-0.2, -0.15) is 0 Å². The van der Waals surface area contributed by atoms with E-state index in [0.717, 1.165) is 0 Å². The van der Waals surface area contributed by atoms with Crippen molar-refractivity contribution in [2.45, 2.75) is 65.1 Å².